The van der Waals surface area contributed by atoms with E-state index in [1.165, 1.54) is 12.5 Å². The van der Waals surface area contributed by atoms with Crippen molar-refractivity contribution in [2.45, 2.75) is 6.92 Å². The molecule has 0 aliphatic carbocycles. The zero-order chi connectivity index (χ0) is 25.8. The second kappa shape index (κ2) is 10.3. The van der Waals surface area contributed by atoms with Crippen molar-refractivity contribution in [2.75, 3.05) is 7.11 Å². The third kappa shape index (κ3) is 5.16. The summed E-state index contributed by atoms with van der Waals surface area (Å²) in [6.07, 6.45) is 2.62. The second-order valence-electron chi connectivity index (χ2n) is 8.44. The molecule has 0 radical (unpaired) electrons. The molecule has 0 aliphatic rings. The predicted molar refractivity (Wildman–Crippen MR) is 144 cm³/mol. The fourth-order valence-corrected chi connectivity index (χ4v) is 3.90. The molecule has 182 valence electrons. The second-order valence-corrected chi connectivity index (χ2v) is 8.44. The van der Waals surface area contributed by atoms with Crippen molar-refractivity contribution in [2.24, 2.45) is 5.10 Å². The Kier molecular flexibility index (Phi) is 6.59. The minimum absolute atomic E-state index is 0.222. The number of ether oxygens (including phenoxy) is 1. The topological polar surface area (TPSA) is 93.8 Å². The van der Waals surface area contributed by atoms with E-state index in [2.05, 4.69) is 10.5 Å². The molecule has 5 aromatic rings. The number of nitrogens with one attached hydrogen (secondary N) is 1. The number of benzene rings is 3. The molecule has 7 heteroatoms. The lowest BCUT2D eigenvalue weighted by Gasteiger charge is -2.09. The van der Waals surface area contributed by atoms with E-state index in [1.54, 1.807) is 31.4 Å². The highest BCUT2D eigenvalue weighted by Crippen LogP contribution is 2.26. The average molecular weight is 490 g/mol. The van der Waals surface area contributed by atoms with Crippen molar-refractivity contribution in [3.8, 4) is 28.3 Å². The zero-order valence-electron chi connectivity index (χ0n) is 20.3. The Labute approximate surface area is 213 Å². The maximum absolute atomic E-state index is 13.1. The maximum Gasteiger partial charge on any atom is 0.271 e. The summed E-state index contributed by atoms with van der Waals surface area (Å²) in [5.74, 6) is 0.287. The number of aromatic nitrogens is 1. The van der Waals surface area contributed by atoms with Crippen LogP contribution in [0.3, 0.4) is 0 Å². The number of pyridine rings is 1. The van der Waals surface area contributed by atoms with Crippen LogP contribution in [0.2, 0.25) is 0 Å². The first-order valence-corrected chi connectivity index (χ1v) is 11.6. The van der Waals surface area contributed by atoms with Crippen LogP contribution in [0.5, 0.6) is 5.75 Å². The van der Waals surface area contributed by atoms with E-state index in [1.807, 2.05) is 67.6 Å². The van der Waals surface area contributed by atoms with Gasteiger partial charge in [-0.15, -0.1) is 0 Å². The van der Waals surface area contributed by atoms with E-state index in [0.717, 1.165) is 22.4 Å². The van der Waals surface area contributed by atoms with Crippen LogP contribution in [0.15, 0.2) is 106 Å². The summed E-state index contributed by atoms with van der Waals surface area (Å²) >= 11 is 0. The summed E-state index contributed by atoms with van der Waals surface area (Å²) in [7, 11) is 1.61. The number of amides is 1. The number of hydrogen-bond donors (Lipinski definition) is 1. The highest BCUT2D eigenvalue weighted by molar-refractivity contribution is 5.97. The molecule has 0 unspecified atom stereocenters. The molecule has 2 aromatic heterocycles. The smallest absolute Gasteiger partial charge is 0.271 e. The molecule has 1 amide bonds. The largest absolute Gasteiger partial charge is 0.497 e. The minimum Gasteiger partial charge on any atom is -0.497 e. The number of aryl methyl sites for hydroxylation is 1. The van der Waals surface area contributed by atoms with Gasteiger partial charge in [0.15, 0.2) is 0 Å². The summed E-state index contributed by atoms with van der Waals surface area (Å²) in [5.41, 5.74) is 7.32. The van der Waals surface area contributed by atoms with E-state index in [4.69, 9.17) is 14.1 Å². The van der Waals surface area contributed by atoms with Gasteiger partial charge in [-0.2, -0.15) is 5.10 Å². The van der Waals surface area contributed by atoms with E-state index in [0.29, 0.717) is 27.9 Å². The van der Waals surface area contributed by atoms with Gasteiger partial charge in [0, 0.05) is 16.7 Å². The first-order chi connectivity index (χ1) is 18.0. The molecular formula is C30H23N3O4. The Hall–Kier alpha value is -5.04. The molecule has 2 heterocycles. The number of hydrazone groups is 1. The lowest BCUT2D eigenvalue weighted by molar-refractivity contribution is 0.0955. The normalized spacial score (nSPS) is 11.1. The highest BCUT2D eigenvalue weighted by atomic mass is 16.5. The third-order valence-corrected chi connectivity index (χ3v) is 5.87. The monoisotopic (exact) mass is 489 g/mol. The van der Waals surface area contributed by atoms with Crippen LogP contribution in [0.4, 0.5) is 0 Å². The van der Waals surface area contributed by atoms with Gasteiger partial charge in [0.1, 0.15) is 17.6 Å². The fraction of sp³-hybridized carbons (Fsp3) is 0.0667. The Balaban J connectivity index is 1.45. The molecule has 3 aromatic carbocycles. The summed E-state index contributed by atoms with van der Waals surface area (Å²) in [6.45, 7) is 1.90. The van der Waals surface area contributed by atoms with Gasteiger partial charge in [-0.3, -0.25) is 9.59 Å². The van der Waals surface area contributed by atoms with Crippen LogP contribution in [-0.4, -0.2) is 24.2 Å². The Morgan fingerprint density at radius 2 is 1.65 bits per heavy atom. The van der Waals surface area contributed by atoms with Gasteiger partial charge in [-0.1, -0.05) is 42.0 Å². The SMILES string of the molecule is COc1ccc(-c2cc(C(=O)N/N=C/c3coc4ccc(C)cc4c3=O)cc(-c3ccccc3)n2)cc1. The first kappa shape index (κ1) is 23.7. The number of methoxy groups -OCH3 is 1. The molecule has 7 nitrogen and oxygen atoms in total. The van der Waals surface area contributed by atoms with Gasteiger partial charge in [0.05, 0.1) is 35.7 Å². The van der Waals surface area contributed by atoms with Crippen LogP contribution < -0.4 is 15.6 Å². The molecule has 37 heavy (non-hydrogen) atoms. The van der Waals surface area contributed by atoms with Gasteiger partial charge in [-0.25, -0.2) is 10.4 Å². The standard InChI is InChI=1S/C30H23N3O4/c1-19-8-13-28-25(14-19)29(34)23(18-37-28)17-31-33-30(35)22-15-26(20-6-4-3-5-7-20)32-27(16-22)21-9-11-24(36-2)12-10-21/h3-18H,1-2H3,(H,33,35)/b31-17+. The van der Waals surface area contributed by atoms with Crippen molar-refractivity contribution >= 4 is 23.1 Å². The van der Waals surface area contributed by atoms with Crippen LogP contribution in [-0.2, 0) is 0 Å². The molecule has 0 saturated heterocycles. The van der Waals surface area contributed by atoms with Gasteiger partial charge in [0.2, 0.25) is 5.43 Å². The molecule has 0 spiro atoms. The van der Waals surface area contributed by atoms with Crippen molar-refractivity contribution in [3.05, 3.63) is 118 Å². The van der Waals surface area contributed by atoms with E-state index >= 15 is 0 Å². The van der Waals surface area contributed by atoms with Crippen LogP contribution in [0.25, 0.3) is 33.5 Å². The average Bonchev–Trinajstić information content (AvgIpc) is 2.94. The zero-order valence-corrected chi connectivity index (χ0v) is 20.3. The maximum atomic E-state index is 13.1. The van der Waals surface area contributed by atoms with Crippen LogP contribution in [0.1, 0.15) is 21.5 Å². The molecule has 0 saturated carbocycles. The van der Waals surface area contributed by atoms with E-state index < -0.39 is 5.91 Å². The minimum atomic E-state index is -0.438. The van der Waals surface area contributed by atoms with Crippen LogP contribution >= 0.6 is 0 Å². The summed E-state index contributed by atoms with van der Waals surface area (Å²) in [5, 5.41) is 4.47. The van der Waals surface area contributed by atoms with Crippen molar-refractivity contribution in [1.29, 1.82) is 0 Å². The molecule has 0 bridgehead atoms. The lowest BCUT2D eigenvalue weighted by atomic mass is 10.0. The first-order valence-electron chi connectivity index (χ1n) is 11.6. The Morgan fingerprint density at radius 1 is 0.946 bits per heavy atom. The predicted octanol–water partition coefficient (Wildman–Crippen LogP) is 5.60. The van der Waals surface area contributed by atoms with Crippen molar-refractivity contribution in [3.63, 3.8) is 0 Å². The number of nitrogens with zero attached hydrogens (tertiary/aromatic N) is 2. The quantitative estimate of drug-likeness (QED) is 0.247. The summed E-state index contributed by atoms with van der Waals surface area (Å²) in [6, 6.07) is 25.9. The van der Waals surface area contributed by atoms with Crippen LogP contribution in [0, 0.1) is 6.92 Å². The number of carbonyl (C=O) groups excluding carboxylic acids is 1. The van der Waals surface area contributed by atoms with E-state index in [9.17, 15) is 9.59 Å². The van der Waals surface area contributed by atoms with E-state index in [-0.39, 0.29) is 11.0 Å². The van der Waals surface area contributed by atoms with Crippen molar-refractivity contribution < 1.29 is 13.9 Å². The Morgan fingerprint density at radius 3 is 2.35 bits per heavy atom. The molecule has 0 fully saturated rings. The lowest BCUT2D eigenvalue weighted by Crippen LogP contribution is -2.19. The molecule has 0 aliphatic heterocycles. The van der Waals surface area contributed by atoms with Crippen molar-refractivity contribution in [1.82, 2.24) is 10.4 Å². The summed E-state index contributed by atoms with van der Waals surface area (Å²) < 4.78 is 10.8. The van der Waals surface area contributed by atoms with Gasteiger partial charge >= 0.3 is 0 Å². The third-order valence-electron chi connectivity index (χ3n) is 5.87. The molecule has 0 atom stereocenters. The number of carbonyl (C=O) groups is 1. The molecular weight excluding hydrogens is 466 g/mol. The summed E-state index contributed by atoms with van der Waals surface area (Å²) in [4.78, 5) is 30.6. The van der Waals surface area contributed by atoms with Gasteiger partial charge in [0.25, 0.3) is 5.91 Å². The highest BCUT2D eigenvalue weighted by Gasteiger charge is 2.13. The number of fused-ring (bicyclic) bond motifs is 1. The van der Waals surface area contributed by atoms with Gasteiger partial charge in [-0.05, 0) is 55.5 Å². The fourth-order valence-electron chi connectivity index (χ4n) is 3.90. The molecule has 1 N–H and O–H groups in total. The van der Waals surface area contributed by atoms with Gasteiger partial charge < -0.3 is 9.15 Å². The number of hydrogen-bond acceptors (Lipinski definition) is 6. The molecule has 5 rings (SSSR count). The Bertz CT molecular complexity index is 1670. The number of rotatable bonds is 6.